The Hall–Kier alpha value is -0.350. The minimum atomic E-state index is -0.0450. The molecular formula is C13H23BrN2O. The van der Waals surface area contributed by atoms with Crippen LogP contribution < -0.4 is 0 Å². The van der Waals surface area contributed by atoms with Crippen molar-refractivity contribution in [2.75, 3.05) is 6.61 Å². The monoisotopic (exact) mass is 302 g/mol. The van der Waals surface area contributed by atoms with Gasteiger partial charge in [0.05, 0.1) is 15.9 Å². The van der Waals surface area contributed by atoms with Gasteiger partial charge >= 0.3 is 0 Å². The number of nitrogens with zero attached hydrogens (tertiary/aromatic N) is 2. The minimum absolute atomic E-state index is 0.0450. The fraction of sp³-hybridized carbons (Fsp3) is 0.769. The van der Waals surface area contributed by atoms with Crippen molar-refractivity contribution in [3.8, 4) is 0 Å². The second-order valence-corrected chi connectivity index (χ2v) is 5.85. The summed E-state index contributed by atoms with van der Waals surface area (Å²) in [6.07, 6.45) is 2.99. The molecule has 0 aromatic carbocycles. The summed E-state index contributed by atoms with van der Waals surface area (Å²) in [5.41, 5.74) is 2.19. The van der Waals surface area contributed by atoms with E-state index in [1.807, 2.05) is 11.6 Å². The number of aryl methyl sites for hydroxylation is 2. The molecule has 0 radical (unpaired) electrons. The van der Waals surface area contributed by atoms with Gasteiger partial charge in [-0.2, -0.15) is 5.10 Å². The van der Waals surface area contributed by atoms with E-state index in [1.165, 1.54) is 5.69 Å². The zero-order valence-electron chi connectivity index (χ0n) is 11.3. The van der Waals surface area contributed by atoms with E-state index in [4.69, 9.17) is 0 Å². The number of hydrogen-bond donors (Lipinski definition) is 1. The fourth-order valence-electron chi connectivity index (χ4n) is 2.27. The predicted molar refractivity (Wildman–Crippen MR) is 74.1 cm³/mol. The van der Waals surface area contributed by atoms with Gasteiger partial charge in [0.25, 0.3) is 0 Å². The molecule has 17 heavy (non-hydrogen) atoms. The molecule has 1 aromatic rings. The first kappa shape index (κ1) is 14.7. The molecule has 3 nitrogen and oxygen atoms in total. The van der Waals surface area contributed by atoms with Crippen LogP contribution in [0, 0.1) is 12.3 Å². The molecule has 0 spiro atoms. The third-order valence-electron chi connectivity index (χ3n) is 3.28. The van der Waals surface area contributed by atoms with E-state index in [9.17, 15) is 5.11 Å². The van der Waals surface area contributed by atoms with Gasteiger partial charge in [0, 0.05) is 13.2 Å². The van der Waals surface area contributed by atoms with Crippen molar-refractivity contribution in [1.82, 2.24) is 9.78 Å². The molecule has 1 heterocycles. The second kappa shape index (κ2) is 6.01. The summed E-state index contributed by atoms with van der Waals surface area (Å²) in [5, 5.41) is 14.1. The summed E-state index contributed by atoms with van der Waals surface area (Å²) in [6, 6.07) is 0. The highest BCUT2D eigenvalue weighted by Gasteiger charge is 2.26. The lowest BCUT2D eigenvalue weighted by Crippen LogP contribution is -2.25. The summed E-state index contributed by atoms with van der Waals surface area (Å²) in [5.74, 6) is 0. The smallest absolute Gasteiger partial charge is 0.0738 e. The number of aromatic nitrogens is 2. The van der Waals surface area contributed by atoms with Gasteiger partial charge < -0.3 is 5.11 Å². The van der Waals surface area contributed by atoms with Crippen LogP contribution in [0.2, 0.25) is 0 Å². The maximum atomic E-state index is 9.59. The van der Waals surface area contributed by atoms with Crippen LogP contribution in [0.5, 0.6) is 0 Å². The maximum Gasteiger partial charge on any atom is 0.0738 e. The van der Waals surface area contributed by atoms with Gasteiger partial charge in [0.2, 0.25) is 0 Å². The fourth-order valence-corrected chi connectivity index (χ4v) is 2.69. The van der Waals surface area contributed by atoms with E-state index in [2.05, 4.69) is 41.8 Å². The van der Waals surface area contributed by atoms with Crippen LogP contribution in [0.4, 0.5) is 0 Å². The van der Waals surface area contributed by atoms with Crippen LogP contribution in [0.25, 0.3) is 0 Å². The van der Waals surface area contributed by atoms with Gasteiger partial charge in [-0.1, -0.05) is 20.3 Å². The van der Waals surface area contributed by atoms with E-state index in [-0.39, 0.29) is 12.0 Å². The first-order valence-corrected chi connectivity index (χ1v) is 7.09. The number of aliphatic hydroxyl groups excluding tert-OH is 1. The third-order valence-corrected chi connectivity index (χ3v) is 4.31. The van der Waals surface area contributed by atoms with E-state index in [0.29, 0.717) is 0 Å². The summed E-state index contributed by atoms with van der Waals surface area (Å²) in [4.78, 5) is 0. The Morgan fingerprint density at radius 3 is 2.53 bits per heavy atom. The quantitative estimate of drug-likeness (QED) is 0.875. The minimum Gasteiger partial charge on any atom is -0.396 e. The van der Waals surface area contributed by atoms with E-state index < -0.39 is 0 Å². The molecule has 0 saturated carbocycles. The predicted octanol–water partition coefficient (Wildman–Crippen LogP) is 3.32. The molecule has 98 valence electrons. The molecule has 0 aliphatic carbocycles. The standard InChI is InChI=1S/C13H23BrN2O/c1-5-7-13(4,9-17)8-11-12(14)10(3)15-16(11)6-2/h17H,5-9H2,1-4H3. The van der Waals surface area contributed by atoms with Crippen LogP contribution in [0.15, 0.2) is 4.47 Å². The molecule has 1 rings (SSSR count). The zero-order chi connectivity index (χ0) is 13.1. The number of halogens is 1. The molecule has 1 unspecified atom stereocenters. The lowest BCUT2D eigenvalue weighted by molar-refractivity contribution is 0.129. The van der Waals surface area contributed by atoms with Crippen LogP contribution in [0.1, 0.15) is 45.0 Å². The van der Waals surface area contributed by atoms with Gasteiger partial charge in [-0.05, 0) is 48.0 Å². The number of aliphatic hydroxyl groups is 1. The lowest BCUT2D eigenvalue weighted by atomic mass is 9.82. The summed E-state index contributed by atoms with van der Waals surface area (Å²) in [6.45, 7) is 9.50. The Labute approximate surface area is 112 Å². The van der Waals surface area contributed by atoms with Crippen LogP contribution in [0.3, 0.4) is 0 Å². The highest BCUT2D eigenvalue weighted by molar-refractivity contribution is 9.10. The third kappa shape index (κ3) is 3.32. The average molecular weight is 303 g/mol. The first-order chi connectivity index (χ1) is 7.97. The molecule has 0 aliphatic rings. The summed E-state index contributed by atoms with van der Waals surface area (Å²) < 4.78 is 3.12. The Morgan fingerprint density at radius 2 is 2.06 bits per heavy atom. The second-order valence-electron chi connectivity index (χ2n) is 5.06. The van der Waals surface area contributed by atoms with Crippen LogP contribution in [-0.2, 0) is 13.0 Å². The van der Waals surface area contributed by atoms with Gasteiger partial charge in [0.1, 0.15) is 0 Å². The first-order valence-electron chi connectivity index (χ1n) is 6.30. The van der Waals surface area contributed by atoms with E-state index >= 15 is 0 Å². The topological polar surface area (TPSA) is 38.1 Å². The molecule has 1 aromatic heterocycles. The summed E-state index contributed by atoms with van der Waals surface area (Å²) in [7, 11) is 0. The molecule has 1 atom stereocenters. The van der Waals surface area contributed by atoms with Crippen molar-refractivity contribution >= 4 is 15.9 Å². The SMILES string of the molecule is CCCC(C)(CO)Cc1c(Br)c(C)nn1CC. The molecular weight excluding hydrogens is 280 g/mol. The van der Waals surface area contributed by atoms with Crippen molar-refractivity contribution in [1.29, 1.82) is 0 Å². The van der Waals surface area contributed by atoms with Crippen molar-refractivity contribution in [2.24, 2.45) is 5.41 Å². The van der Waals surface area contributed by atoms with Gasteiger partial charge in [0.15, 0.2) is 0 Å². The van der Waals surface area contributed by atoms with Crippen molar-refractivity contribution in [2.45, 2.75) is 53.5 Å². The Bertz CT molecular complexity index is 376. The zero-order valence-corrected chi connectivity index (χ0v) is 12.8. The van der Waals surface area contributed by atoms with Gasteiger partial charge in [-0.15, -0.1) is 0 Å². The molecule has 0 saturated heterocycles. The average Bonchev–Trinajstić information content (AvgIpc) is 2.57. The van der Waals surface area contributed by atoms with Crippen molar-refractivity contribution in [3.63, 3.8) is 0 Å². The van der Waals surface area contributed by atoms with Crippen LogP contribution >= 0.6 is 15.9 Å². The van der Waals surface area contributed by atoms with Crippen molar-refractivity contribution < 1.29 is 5.11 Å². The maximum absolute atomic E-state index is 9.59. The molecule has 0 amide bonds. The lowest BCUT2D eigenvalue weighted by Gasteiger charge is -2.27. The number of hydrogen-bond acceptors (Lipinski definition) is 2. The van der Waals surface area contributed by atoms with E-state index in [1.54, 1.807) is 0 Å². The largest absolute Gasteiger partial charge is 0.396 e. The van der Waals surface area contributed by atoms with Crippen LogP contribution in [-0.4, -0.2) is 21.5 Å². The van der Waals surface area contributed by atoms with Crippen molar-refractivity contribution in [3.05, 3.63) is 15.9 Å². The van der Waals surface area contributed by atoms with Gasteiger partial charge in [-0.25, -0.2) is 0 Å². The molecule has 0 fully saturated rings. The van der Waals surface area contributed by atoms with Gasteiger partial charge in [-0.3, -0.25) is 4.68 Å². The molecule has 0 bridgehead atoms. The normalized spacial score (nSPS) is 14.9. The highest BCUT2D eigenvalue weighted by Crippen LogP contribution is 2.32. The molecule has 4 heteroatoms. The molecule has 1 N–H and O–H groups in total. The Kier molecular flexibility index (Phi) is 5.20. The number of rotatable bonds is 6. The highest BCUT2D eigenvalue weighted by atomic mass is 79.9. The Morgan fingerprint density at radius 1 is 1.41 bits per heavy atom. The Balaban J connectivity index is 3.00. The molecule has 0 aliphatic heterocycles. The summed E-state index contributed by atoms with van der Waals surface area (Å²) >= 11 is 3.61. The van der Waals surface area contributed by atoms with E-state index in [0.717, 1.165) is 36.0 Å².